The molecule has 2 aromatic rings. The second kappa shape index (κ2) is 4.57. The molecule has 0 aliphatic heterocycles. The number of aryl methyl sites for hydroxylation is 1. The highest BCUT2D eigenvalue weighted by Gasteiger charge is 2.18. The fourth-order valence-corrected chi connectivity index (χ4v) is 2.31. The molecule has 0 radical (unpaired) electrons. The zero-order valence-corrected chi connectivity index (χ0v) is 11.3. The van der Waals surface area contributed by atoms with Crippen molar-refractivity contribution in [1.29, 1.82) is 0 Å². The van der Waals surface area contributed by atoms with Gasteiger partial charge in [-0.05, 0) is 6.92 Å². The number of aromatic amines is 1. The fraction of sp³-hybridized carbons (Fsp3) is 0.400. The first-order chi connectivity index (χ1) is 8.82. The number of aliphatic carboxylic acids is 1. The number of hydrogen-bond acceptors (Lipinski definition) is 5. The first-order valence-corrected chi connectivity index (χ1v) is 6.26. The number of H-pyrrole nitrogens is 1. The average Bonchev–Trinajstić information content (AvgIpc) is 2.77. The lowest BCUT2D eigenvalue weighted by Gasteiger charge is -2.01. The van der Waals surface area contributed by atoms with Gasteiger partial charge in [0.1, 0.15) is 5.25 Å². The molecule has 0 bridgehead atoms. The van der Waals surface area contributed by atoms with E-state index >= 15 is 0 Å². The molecule has 1 atom stereocenters. The molecule has 102 valence electrons. The van der Waals surface area contributed by atoms with E-state index in [4.69, 9.17) is 5.11 Å². The number of rotatable bonds is 3. The van der Waals surface area contributed by atoms with Crippen molar-refractivity contribution in [1.82, 2.24) is 19.1 Å². The molecule has 0 amide bonds. The van der Waals surface area contributed by atoms with E-state index in [0.29, 0.717) is 5.16 Å². The summed E-state index contributed by atoms with van der Waals surface area (Å²) in [5.74, 6) is -0.979. The number of carboxylic acids is 1. The molecule has 0 unspecified atom stereocenters. The van der Waals surface area contributed by atoms with Crippen LogP contribution in [0.1, 0.15) is 6.92 Å². The molecule has 0 fully saturated rings. The average molecular weight is 284 g/mol. The van der Waals surface area contributed by atoms with Crippen molar-refractivity contribution in [3.63, 3.8) is 0 Å². The van der Waals surface area contributed by atoms with Crippen LogP contribution >= 0.6 is 11.8 Å². The van der Waals surface area contributed by atoms with Crippen molar-refractivity contribution in [2.24, 2.45) is 14.1 Å². The van der Waals surface area contributed by atoms with Crippen molar-refractivity contribution in [2.45, 2.75) is 17.3 Å². The number of fused-ring (bicyclic) bond motifs is 1. The first kappa shape index (κ1) is 13.4. The van der Waals surface area contributed by atoms with Gasteiger partial charge < -0.3 is 10.1 Å². The van der Waals surface area contributed by atoms with E-state index in [2.05, 4.69) is 9.97 Å². The van der Waals surface area contributed by atoms with Gasteiger partial charge in [-0.25, -0.2) is 9.78 Å². The molecule has 2 rings (SSSR count). The minimum Gasteiger partial charge on any atom is -0.480 e. The Bertz CT molecular complexity index is 772. The van der Waals surface area contributed by atoms with Gasteiger partial charge in [-0.2, -0.15) is 0 Å². The maximum absolute atomic E-state index is 11.9. The van der Waals surface area contributed by atoms with Crippen molar-refractivity contribution in [3.8, 4) is 0 Å². The van der Waals surface area contributed by atoms with Gasteiger partial charge >= 0.3 is 11.7 Å². The summed E-state index contributed by atoms with van der Waals surface area (Å²) in [6.45, 7) is 1.51. The Balaban J connectivity index is 2.62. The molecule has 0 aromatic carbocycles. The number of nitrogens with zero attached hydrogens (tertiary/aromatic N) is 3. The topological polar surface area (TPSA) is 110 Å². The van der Waals surface area contributed by atoms with Crippen molar-refractivity contribution < 1.29 is 9.90 Å². The standard InChI is InChI=1S/C10H12N4O4S/c1-4(8(16)17)19-9-11-5-6(12-9)13(2)10(18)14(3)7(5)15/h4H,1-3H3,(H,11,12)(H,16,17)/t4-/m1/s1. The van der Waals surface area contributed by atoms with Gasteiger partial charge in [-0.3, -0.25) is 18.7 Å². The molecule has 8 nitrogen and oxygen atoms in total. The van der Waals surface area contributed by atoms with Crippen LogP contribution in [0.3, 0.4) is 0 Å². The summed E-state index contributed by atoms with van der Waals surface area (Å²) in [4.78, 5) is 41.2. The Hall–Kier alpha value is -2.03. The van der Waals surface area contributed by atoms with E-state index in [1.807, 2.05) is 0 Å². The largest absolute Gasteiger partial charge is 0.480 e. The van der Waals surface area contributed by atoms with Crippen molar-refractivity contribution in [2.75, 3.05) is 0 Å². The highest BCUT2D eigenvalue weighted by Crippen LogP contribution is 2.21. The zero-order chi connectivity index (χ0) is 14.3. The summed E-state index contributed by atoms with van der Waals surface area (Å²) in [7, 11) is 2.87. The third-order valence-electron chi connectivity index (χ3n) is 2.71. The smallest absolute Gasteiger partial charge is 0.332 e. The van der Waals surface area contributed by atoms with Crippen LogP contribution in [0, 0.1) is 0 Å². The quantitative estimate of drug-likeness (QED) is 0.737. The van der Waals surface area contributed by atoms with Crippen LogP contribution < -0.4 is 11.2 Å². The number of carbonyl (C=O) groups is 1. The van der Waals surface area contributed by atoms with Crippen LogP contribution in [0.15, 0.2) is 14.7 Å². The van der Waals surface area contributed by atoms with Crippen molar-refractivity contribution >= 4 is 28.9 Å². The minimum absolute atomic E-state index is 0.185. The van der Waals surface area contributed by atoms with Gasteiger partial charge in [0.05, 0.1) is 0 Å². The van der Waals surface area contributed by atoms with Crippen LogP contribution in [0.2, 0.25) is 0 Å². The summed E-state index contributed by atoms with van der Waals surface area (Å²) < 4.78 is 2.21. The first-order valence-electron chi connectivity index (χ1n) is 5.38. The molecule has 0 saturated heterocycles. The van der Waals surface area contributed by atoms with Gasteiger partial charge in [0.15, 0.2) is 16.3 Å². The summed E-state index contributed by atoms with van der Waals surface area (Å²) >= 11 is 0.977. The molecule has 0 aliphatic rings. The molecular formula is C10H12N4O4S. The van der Waals surface area contributed by atoms with Gasteiger partial charge in [0.25, 0.3) is 5.56 Å². The van der Waals surface area contributed by atoms with Crippen LogP contribution in [0.4, 0.5) is 0 Å². The maximum Gasteiger partial charge on any atom is 0.332 e. The molecule has 0 spiro atoms. The number of imidazole rings is 1. The Kier molecular flexibility index (Phi) is 3.23. The summed E-state index contributed by atoms with van der Waals surface area (Å²) in [5.41, 5.74) is -0.565. The number of thioether (sulfide) groups is 1. The highest BCUT2D eigenvalue weighted by atomic mass is 32.2. The summed E-state index contributed by atoms with van der Waals surface area (Å²) in [6, 6.07) is 0. The molecule has 0 aliphatic carbocycles. The SMILES string of the molecule is C[C@@H](Sc1nc2c([nH]1)c(=O)n(C)c(=O)n2C)C(=O)O. The molecule has 0 saturated carbocycles. The number of aromatic nitrogens is 4. The van der Waals surface area contributed by atoms with Gasteiger partial charge in [0.2, 0.25) is 0 Å². The molecule has 2 N–H and O–H groups in total. The molecule has 2 aromatic heterocycles. The maximum atomic E-state index is 11.9. The Morgan fingerprint density at radius 1 is 1.37 bits per heavy atom. The third-order valence-corrected chi connectivity index (χ3v) is 3.68. The minimum atomic E-state index is -0.979. The highest BCUT2D eigenvalue weighted by molar-refractivity contribution is 8.00. The Labute approximate surface area is 111 Å². The number of hydrogen-bond donors (Lipinski definition) is 2. The van der Waals surface area contributed by atoms with E-state index < -0.39 is 22.5 Å². The third kappa shape index (κ3) is 2.16. The normalized spacial score (nSPS) is 12.8. The predicted octanol–water partition coefficient (Wildman–Crippen LogP) is -0.475. The molecule has 9 heteroatoms. The van der Waals surface area contributed by atoms with Gasteiger partial charge in [-0.1, -0.05) is 11.8 Å². The molecule has 2 heterocycles. The van der Waals surface area contributed by atoms with Crippen LogP contribution in [-0.2, 0) is 18.9 Å². The second-order valence-corrected chi connectivity index (χ2v) is 5.37. The fourth-order valence-electron chi connectivity index (χ4n) is 1.58. The van der Waals surface area contributed by atoms with E-state index in [9.17, 15) is 14.4 Å². The second-order valence-electron chi connectivity index (χ2n) is 4.04. The van der Waals surface area contributed by atoms with Crippen LogP contribution in [-0.4, -0.2) is 35.4 Å². The summed E-state index contributed by atoms with van der Waals surface area (Å²) in [5, 5.41) is 8.42. The zero-order valence-electron chi connectivity index (χ0n) is 10.5. The Morgan fingerprint density at radius 3 is 2.58 bits per heavy atom. The van der Waals surface area contributed by atoms with E-state index in [1.165, 1.54) is 25.6 Å². The Morgan fingerprint density at radius 2 is 2.00 bits per heavy atom. The molecule has 19 heavy (non-hydrogen) atoms. The molecular weight excluding hydrogens is 272 g/mol. The lowest BCUT2D eigenvalue weighted by atomic mass is 10.5. The van der Waals surface area contributed by atoms with E-state index in [-0.39, 0.29) is 11.2 Å². The number of nitrogens with one attached hydrogen (secondary N) is 1. The lowest BCUT2D eigenvalue weighted by Crippen LogP contribution is -2.36. The van der Waals surface area contributed by atoms with Crippen molar-refractivity contribution in [3.05, 3.63) is 20.8 Å². The van der Waals surface area contributed by atoms with Gasteiger partial charge in [-0.15, -0.1) is 0 Å². The van der Waals surface area contributed by atoms with E-state index in [1.54, 1.807) is 0 Å². The monoisotopic (exact) mass is 284 g/mol. The van der Waals surface area contributed by atoms with E-state index in [0.717, 1.165) is 16.3 Å². The van der Waals surface area contributed by atoms with Crippen LogP contribution in [0.5, 0.6) is 0 Å². The van der Waals surface area contributed by atoms with Gasteiger partial charge in [0, 0.05) is 14.1 Å². The predicted molar refractivity (Wildman–Crippen MR) is 69.5 cm³/mol. The summed E-state index contributed by atoms with van der Waals surface area (Å²) in [6.07, 6.45) is 0. The number of carboxylic acid groups (broad SMARTS) is 1. The van der Waals surface area contributed by atoms with Crippen LogP contribution in [0.25, 0.3) is 11.2 Å². The lowest BCUT2D eigenvalue weighted by molar-refractivity contribution is -0.136.